The van der Waals surface area contributed by atoms with Crippen molar-refractivity contribution in [2.75, 3.05) is 31.1 Å². The molecule has 1 fully saturated rings. The van der Waals surface area contributed by atoms with Gasteiger partial charge in [0.25, 0.3) is 5.69 Å². The van der Waals surface area contributed by atoms with E-state index in [2.05, 4.69) is 5.10 Å². The second-order valence-corrected chi connectivity index (χ2v) is 6.98. The third kappa shape index (κ3) is 4.44. The number of carbonyl (C=O) groups is 1. The van der Waals surface area contributed by atoms with Gasteiger partial charge < -0.3 is 14.2 Å². The number of anilines is 1. The van der Waals surface area contributed by atoms with Gasteiger partial charge in [0.05, 0.1) is 4.92 Å². The van der Waals surface area contributed by atoms with Gasteiger partial charge in [0.1, 0.15) is 12.4 Å². The highest BCUT2D eigenvalue weighted by Crippen LogP contribution is 2.21. The topological polar surface area (TPSA) is 115 Å². The first-order chi connectivity index (χ1) is 14.9. The molecule has 0 spiro atoms. The number of nitrogens with zero attached hydrogens (tertiary/aromatic N) is 5. The van der Waals surface area contributed by atoms with Crippen molar-refractivity contribution < 1.29 is 18.5 Å². The lowest BCUT2D eigenvalue weighted by Gasteiger charge is -2.36. The molecular formula is C20H18FN5O5. The van der Waals surface area contributed by atoms with Gasteiger partial charge in [-0.1, -0.05) is 0 Å². The molecule has 0 unspecified atom stereocenters. The number of piperazine rings is 1. The Hall–Kier alpha value is -4.02. The molecule has 2 heterocycles. The van der Waals surface area contributed by atoms with E-state index in [4.69, 9.17) is 4.42 Å². The maximum absolute atomic E-state index is 13.1. The Morgan fingerprint density at radius 3 is 2.32 bits per heavy atom. The van der Waals surface area contributed by atoms with Crippen molar-refractivity contribution in [1.82, 2.24) is 14.7 Å². The van der Waals surface area contributed by atoms with Gasteiger partial charge in [-0.05, 0) is 36.4 Å². The van der Waals surface area contributed by atoms with Crippen LogP contribution in [0.1, 0.15) is 0 Å². The highest BCUT2D eigenvalue weighted by atomic mass is 19.1. The monoisotopic (exact) mass is 427 g/mol. The van der Waals surface area contributed by atoms with Gasteiger partial charge in [-0.25, -0.2) is 9.18 Å². The van der Waals surface area contributed by atoms with Crippen LogP contribution in [-0.4, -0.2) is 51.7 Å². The number of halogens is 1. The SMILES string of the molecule is O=C(Cn1nc(-c2ccc(F)cc2)oc1=O)N1CCN(c2ccc([N+](=O)[O-])cc2)CC1. The standard InChI is InChI=1S/C20H18FN5O5/c21-15-3-1-14(2-4-15)19-22-25(20(28)31-19)13-18(27)24-11-9-23(10-12-24)16-5-7-17(8-6-16)26(29)30/h1-8H,9-13H2. The van der Waals surface area contributed by atoms with E-state index in [9.17, 15) is 24.1 Å². The highest BCUT2D eigenvalue weighted by Gasteiger charge is 2.23. The Kier molecular flexibility index (Phi) is 5.48. The van der Waals surface area contributed by atoms with Gasteiger partial charge in [0.15, 0.2) is 0 Å². The number of hydrogen-bond acceptors (Lipinski definition) is 7. The summed E-state index contributed by atoms with van der Waals surface area (Å²) in [6.07, 6.45) is 0. The number of nitro groups is 1. The van der Waals surface area contributed by atoms with E-state index in [1.807, 2.05) is 4.90 Å². The summed E-state index contributed by atoms with van der Waals surface area (Å²) in [6, 6.07) is 11.6. The second kappa shape index (κ2) is 8.38. The van der Waals surface area contributed by atoms with E-state index in [1.165, 1.54) is 36.4 Å². The molecule has 0 saturated carbocycles. The Labute approximate surface area is 175 Å². The average molecular weight is 427 g/mol. The summed E-state index contributed by atoms with van der Waals surface area (Å²) in [6.45, 7) is 1.72. The number of rotatable bonds is 5. The molecule has 1 saturated heterocycles. The van der Waals surface area contributed by atoms with Crippen LogP contribution in [0.3, 0.4) is 0 Å². The van der Waals surface area contributed by atoms with Crippen molar-refractivity contribution in [3.05, 3.63) is 75.0 Å². The van der Waals surface area contributed by atoms with Crippen LogP contribution in [0.15, 0.2) is 57.7 Å². The zero-order valence-corrected chi connectivity index (χ0v) is 16.3. The van der Waals surface area contributed by atoms with Crippen LogP contribution in [0.5, 0.6) is 0 Å². The van der Waals surface area contributed by atoms with Crippen LogP contribution in [0.4, 0.5) is 15.8 Å². The first kappa shape index (κ1) is 20.3. The van der Waals surface area contributed by atoms with Gasteiger partial charge in [0, 0.05) is 49.6 Å². The van der Waals surface area contributed by atoms with Crippen LogP contribution < -0.4 is 10.7 Å². The summed E-state index contributed by atoms with van der Waals surface area (Å²) in [4.78, 5) is 38.6. The summed E-state index contributed by atoms with van der Waals surface area (Å²) in [5.41, 5.74) is 1.30. The summed E-state index contributed by atoms with van der Waals surface area (Å²) >= 11 is 0. The van der Waals surface area contributed by atoms with E-state index < -0.39 is 16.5 Å². The smallest absolute Gasteiger partial charge is 0.388 e. The zero-order chi connectivity index (χ0) is 22.0. The molecule has 4 rings (SSSR count). The molecule has 11 heteroatoms. The van der Waals surface area contributed by atoms with Crippen LogP contribution in [0.25, 0.3) is 11.5 Å². The van der Waals surface area contributed by atoms with E-state index in [-0.39, 0.29) is 24.0 Å². The molecule has 1 aliphatic heterocycles. The number of hydrogen-bond donors (Lipinski definition) is 0. The summed E-state index contributed by atoms with van der Waals surface area (Å²) in [5.74, 6) is -1.45. The molecule has 2 aromatic carbocycles. The maximum Gasteiger partial charge on any atom is 0.437 e. The third-order valence-corrected chi connectivity index (χ3v) is 5.04. The molecule has 10 nitrogen and oxygen atoms in total. The number of benzene rings is 2. The molecule has 31 heavy (non-hydrogen) atoms. The normalized spacial score (nSPS) is 14.0. The second-order valence-electron chi connectivity index (χ2n) is 6.98. The minimum atomic E-state index is -0.766. The molecule has 1 aromatic heterocycles. The van der Waals surface area contributed by atoms with Gasteiger partial charge in [0.2, 0.25) is 11.8 Å². The lowest BCUT2D eigenvalue weighted by Crippen LogP contribution is -2.50. The minimum absolute atomic E-state index is 0.0146. The molecule has 160 valence electrons. The first-order valence-corrected chi connectivity index (χ1v) is 9.52. The molecule has 0 N–H and O–H groups in total. The predicted molar refractivity (Wildman–Crippen MR) is 108 cm³/mol. The molecule has 0 aliphatic carbocycles. The van der Waals surface area contributed by atoms with E-state index in [0.29, 0.717) is 31.7 Å². The quantitative estimate of drug-likeness (QED) is 0.451. The van der Waals surface area contributed by atoms with E-state index in [1.54, 1.807) is 17.0 Å². The molecule has 3 aromatic rings. The van der Waals surface area contributed by atoms with Crippen molar-refractivity contribution in [3.8, 4) is 11.5 Å². The number of non-ortho nitro benzene ring substituents is 1. The fraction of sp³-hybridized carbons (Fsp3) is 0.250. The summed E-state index contributed by atoms with van der Waals surface area (Å²) in [5, 5.41) is 14.8. The highest BCUT2D eigenvalue weighted by molar-refractivity contribution is 5.76. The number of nitro benzene ring substituents is 1. The Bertz CT molecular complexity index is 1150. The van der Waals surface area contributed by atoms with E-state index >= 15 is 0 Å². The van der Waals surface area contributed by atoms with Crippen molar-refractivity contribution in [2.45, 2.75) is 6.54 Å². The van der Waals surface area contributed by atoms with Crippen molar-refractivity contribution in [3.63, 3.8) is 0 Å². The lowest BCUT2D eigenvalue weighted by atomic mass is 10.2. The number of amides is 1. The van der Waals surface area contributed by atoms with Gasteiger partial charge in [-0.3, -0.25) is 14.9 Å². The van der Waals surface area contributed by atoms with Crippen molar-refractivity contribution in [1.29, 1.82) is 0 Å². The van der Waals surface area contributed by atoms with E-state index in [0.717, 1.165) is 10.4 Å². The molecule has 0 atom stereocenters. The molecule has 0 bridgehead atoms. The summed E-state index contributed by atoms with van der Waals surface area (Å²) in [7, 11) is 0. The van der Waals surface area contributed by atoms with Crippen molar-refractivity contribution in [2.24, 2.45) is 0 Å². The molecule has 1 amide bonds. The fourth-order valence-corrected chi connectivity index (χ4v) is 3.34. The molecular weight excluding hydrogens is 409 g/mol. The Morgan fingerprint density at radius 2 is 1.71 bits per heavy atom. The van der Waals surface area contributed by atoms with Crippen LogP contribution in [0, 0.1) is 15.9 Å². The molecule has 1 aliphatic rings. The largest absolute Gasteiger partial charge is 0.437 e. The first-order valence-electron chi connectivity index (χ1n) is 9.52. The van der Waals surface area contributed by atoms with Crippen molar-refractivity contribution >= 4 is 17.3 Å². The van der Waals surface area contributed by atoms with Gasteiger partial charge in [-0.15, -0.1) is 5.10 Å². The number of aromatic nitrogens is 2. The fourth-order valence-electron chi connectivity index (χ4n) is 3.34. The van der Waals surface area contributed by atoms with Gasteiger partial charge in [-0.2, -0.15) is 4.68 Å². The Balaban J connectivity index is 1.36. The number of carbonyl (C=O) groups excluding carboxylic acids is 1. The van der Waals surface area contributed by atoms with Crippen LogP contribution in [-0.2, 0) is 11.3 Å². The third-order valence-electron chi connectivity index (χ3n) is 5.04. The minimum Gasteiger partial charge on any atom is -0.388 e. The van der Waals surface area contributed by atoms with Crippen LogP contribution in [0.2, 0.25) is 0 Å². The Morgan fingerprint density at radius 1 is 1.06 bits per heavy atom. The predicted octanol–water partition coefficient (Wildman–Crippen LogP) is 1.90. The van der Waals surface area contributed by atoms with Crippen LogP contribution >= 0.6 is 0 Å². The average Bonchev–Trinajstić information content (AvgIpc) is 3.14. The maximum atomic E-state index is 13.1. The summed E-state index contributed by atoms with van der Waals surface area (Å²) < 4.78 is 19.1. The van der Waals surface area contributed by atoms with Gasteiger partial charge >= 0.3 is 5.76 Å². The molecule has 0 radical (unpaired) electrons. The lowest BCUT2D eigenvalue weighted by molar-refractivity contribution is -0.384. The zero-order valence-electron chi connectivity index (χ0n) is 16.3.